The van der Waals surface area contributed by atoms with Crippen molar-refractivity contribution >= 4 is 5.95 Å². The molecule has 2 N–H and O–H groups in total. The van der Waals surface area contributed by atoms with Gasteiger partial charge in [-0.05, 0) is 19.3 Å². The fourth-order valence-corrected chi connectivity index (χ4v) is 2.40. The molecule has 0 amide bonds. The summed E-state index contributed by atoms with van der Waals surface area (Å²) in [6, 6.07) is 1.43. The van der Waals surface area contributed by atoms with Crippen molar-refractivity contribution in [3.05, 3.63) is 12.4 Å². The number of hydrogen-bond acceptors (Lipinski definition) is 3. The number of nitrogen functional groups attached to an aromatic ring is 1. The van der Waals surface area contributed by atoms with Gasteiger partial charge in [-0.1, -0.05) is 0 Å². The smallest absolute Gasteiger partial charge is 0.200 e. The molecule has 0 radical (unpaired) electrons. The molecule has 2 heterocycles. The van der Waals surface area contributed by atoms with E-state index in [0.29, 0.717) is 12.0 Å². The number of hydrogen-bond donors (Lipinski definition) is 1. The summed E-state index contributed by atoms with van der Waals surface area (Å²) in [5, 5.41) is 0. The molecule has 2 fully saturated rings. The van der Waals surface area contributed by atoms with E-state index in [1.54, 1.807) is 6.20 Å². The molecule has 1 aromatic heterocycles. The second-order valence-electron chi connectivity index (χ2n) is 4.36. The fraction of sp³-hybridized carbons (Fsp3) is 0.700. The first-order valence-electron chi connectivity index (χ1n) is 5.37. The van der Waals surface area contributed by atoms with Gasteiger partial charge in [-0.3, -0.25) is 4.90 Å². The average Bonchev–Trinajstić information content (AvgIpc) is 2.75. The molecule has 1 aliphatic heterocycles. The van der Waals surface area contributed by atoms with Crippen LogP contribution in [0.5, 0.6) is 0 Å². The van der Waals surface area contributed by atoms with Crippen LogP contribution in [0, 0.1) is 0 Å². The summed E-state index contributed by atoms with van der Waals surface area (Å²) in [5.41, 5.74) is 5.79. The van der Waals surface area contributed by atoms with Gasteiger partial charge < -0.3 is 10.3 Å². The molecule has 14 heavy (non-hydrogen) atoms. The highest BCUT2D eigenvalue weighted by Crippen LogP contribution is 2.33. The molecule has 4 heteroatoms. The van der Waals surface area contributed by atoms with Gasteiger partial charge >= 0.3 is 0 Å². The highest BCUT2D eigenvalue weighted by Gasteiger charge is 2.35. The SMILES string of the molecule is Nc1nccn1C1CCN(C2CC2)C1. The van der Waals surface area contributed by atoms with Crippen molar-refractivity contribution < 1.29 is 0 Å². The van der Waals surface area contributed by atoms with Gasteiger partial charge in [0.15, 0.2) is 5.95 Å². The van der Waals surface area contributed by atoms with E-state index in [-0.39, 0.29) is 0 Å². The minimum absolute atomic E-state index is 0.554. The molecule has 0 bridgehead atoms. The number of aromatic nitrogens is 2. The monoisotopic (exact) mass is 192 g/mol. The summed E-state index contributed by atoms with van der Waals surface area (Å²) in [6.07, 6.45) is 7.79. The van der Waals surface area contributed by atoms with Crippen molar-refractivity contribution in [1.82, 2.24) is 14.5 Å². The summed E-state index contributed by atoms with van der Waals surface area (Å²) in [7, 11) is 0. The average molecular weight is 192 g/mol. The van der Waals surface area contributed by atoms with Crippen molar-refractivity contribution in [3.63, 3.8) is 0 Å². The molecule has 1 atom stereocenters. The predicted molar refractivity (Wildman–Crippen MR) is 54.9 cm³/mol. The zero-order chi connectivity index (χ0) is 9.54. The normalized spacial score (nSPS) is 28.4. The zero-order valence-corrected chi connectivity index (χ0v) is 8.26. The van der Waals surface area contributed by atoms with Gasteiger partial charge in [-0.25, -0.2) is 4.98 Å². The highest BCUT2D eigenvalue weighted by molar-refractivity contribution is 5.18. The quantitative estimate of drug-likeness (QED) is 0.756. The Balaban J connectivity index is 1.72. The van der Waals surface area contributed by atoms with Crippen LogP contribution in [-0.2, 0) is 0 Å². The largest absolute Gasteiger partial charge is 0.369 e. The fourth-order valence-electron chi connectivity index (χ4n) is 2.40. The lowest BCUT2D eigenvalue weighted by Crippen LogP contribution is -2.23. The van der Waals surface area contributed by atoms with Gasteiger partial charge in [0.05, 0.1) is 6.04 Å². The van der Waals surface area contributed by atoms with Crippen molar-refractivity contribution in [3.8, 4) is 0 Å². The van der Waals surface area contributed by atoms with E-state index in [1.165, 1.54) is 25.8 Å². The third-order valence-electron chi connectivity index (χ3n) is 3.35. The maximum absolute atomic E-state index is 5.79. The molecule has 0 aromatic carbocycles. The number of rotatable bonds is 2. The van der Waals surface area contributed by atoms with Gasteiger partial charge in [0.1, 0.15) is 0 Å². The molecule has 76 valence electrons. The van der Waals surface area contributed by atoms with Gasteiger partial charge in [0.25, 0.3) is 0 Å². The lowest BCUT2D eigenvalue weighted by Gasteiger charge is -2.16. The van der Waals surface area contributed by atoms with E-state index < -0.39 is 0 Å². The topological polar surface area (TPSA) is 47.1 Å². The van der Waals surface area contributed by atoms with Crippen molar-refractivity contribution in [2.45, 2.75) is 31.3 Å². The number of likely N-dealkylation sites (tertiary alicyclic amines) is 1. The van der Waals surface area contributed by atoms with Crippen LogP contribution >= 0.6 is 0 Å². The molecule has 1 aliphatic carbocycles. The molecule has 1 saturated carbocycles. The van der Waals surface area contributed by atoms with E-state index in [9.17, 15) is 0 Å². The Morgan fingerprint density at radius 1 is 1.29 bits per heavy atom. The van der Waals surface area contributed by atoms with Crippen molar-refractivity contribution in [1.29, 1.82) is 0 Å². The number of nitrogens with two attached hydrogens (primary N) is 1. The molecule has 1 unspecified atom stereocenters. The van der Waals surface area contributed by atoms with Gasteiger partial charge in [0.2, 0.25) is 0 Å². The first kappa shape index (κ1) is 8.29. The number of anilines is 1. The van der Waals surface area contributed by atoms with E-state index in [0.717, 1.165) is 12.6 Å². The van der Waals surface area contributed by atoms with E-state index in [1.807, 2.05) is 6.20 Å². The lowest BCUT2D eigenvalue weighted by molar-refractivity contribution is 0.314. The number of nitrogens with zero attached hydrogens (tertiary/aromatic N) is 3. The summed E-state index contributed by atoms with van der Waals surface area (Å²) in [4.78, 5) is 6.66. The molecule has 4 nitrogen and oxygen atoms in total. The van der Waals surface area contributed by atoms with Crippen LogP contribution in [0.15, 0.2) is 12.4 Å². The van der Waals surface area contributed by atoms with Gasteiger partial charge in [-0.15, -0.1) is 0 Å². The van der Waals surface area contributed by atoms with Crippen LogP contribution in [0.2, 0.25) is 0 Å². The number of imidazole rings is 1. The van der Waals surface area contributed by atoms with Gasteiger partial charge in [0, 0.05) is 31.5 Å². The van der Waals surface area contributed by atoms with Crippen LogP contribution < -0.4 is 5.73 Å². The van der Waals surface area contributed by atoms with Gasteiger partial charge in [-0.2, -0.15) is 0 Å². The predicted octanol–water partition coefficient (Wildman–Crippen LogP) is 0.874. The van der Waals surface area contributed by atoms with Crippen LogP contribution in [0.4, 0.5) is 5.95 Å². The van der Waals surface area contributed by atoms with E-state index in [4.69, 9.17) is 5.73 Å². The second kappa shape index (κ2) is 2.98. The lowest BCUT2D eigenvalue weighted by atomic mass is 10.2. The molecule has 3 rings (SSSR count). The minimum Gasteiger partial charge on any atom is -0.369 e. The molecule has 1 aromatic rings. The summed E-state index contributed by atoms with van der Waals surface area (Å²) >= 11 is 0. The van der Waals surface area contributed by atoms with E-state index in [2.05, 4.69) is 14.5 Å². The zero-order valence-electron chi connectivity index (χ0n) is 8.26. The highest BCUT2D eigenvalue weighted by atomic mass is 15.3. The standard InChI is InChI=1S/C10H16N4/c11-10-12-4-6-14(10)9-3-5-13(7-9)8-1-2-8/h4,6,8-9H,1-3,5,7H2,(H2,11,12). The first-order chi connectivity index (χ1) is 6.84. The Bertz CT molecular complexity index is 329. The van der Waals surface area contributed by atoms with E-state index >= 15 is 0 Å². The minimum atomic E-state index is 0.554. The first-order valence-corrected chi connectivity index (χ1v) is 5.37. The third-order valence-corrected chi connectivity index (χ3v) is 3.35. The Morgan fingerprint density at radius 2 is 2.14 bits per heavy atom. The Hall–Kier alpha value is -1.03. The Kier molecular flexibility index (Phi) is 1.77. The maximum atomic E-state index is 5.79. The summed E-state index contributed by atoms with van der Waals surface area (Å²) in [6.45, 7) is 2.39. The molecular formula is C10H16N4. The maximum Gasteiger partial charge on any atom is 0.200 e. The Morgan fingerprint density at radius 3 is 2.79 bits per heavy atom. The molecular weight excluding hydrogens is 176 g/mol. The molecule has 2 aliphatic rings. The molecule has 0 spiro atoms. The summed E-state index contributed by atoms with van der Waals surface area (Å²) in [5.74, 6) is 0.660. The van der Waals surface area contributed by atoms with Crippen molar-refractivity contribution in [2.24, 2.45) is 0 Å². The van der Waals surface area contributed by atoms with Crippen molar-refractivity contribution in [2.75, 3.05) is 18.8 Å². The summed E-state index contributed by atoms with van der Waals surface area (Å²) < 4.78 is 2.11. The van der Waals surface area contributed by atoms with Crippen LogP contribution in [0.3, 0.4) is 0 Å². The Labute approximate surface area is 83.7 Å². The molecule has 1 saturated heterocycles. The van der Waals surface area contributed by atoms with Crippen LogP contribution in [0.25, 0.3) is 0 Å². The van der Waals surface area contributed by atoms with Crippen LogP contribution in [0.1, 0.15) is 25.3 Å². The van der Waals surface area contributed by atoms with Crippen LogP contribution in [-0.4, -0.2) is 33.6 Å². The second-order valence-corrected chi connectivity index (χ2v) is 4.36. The third kappa shape index (κ3) is 1.30.